The SMILES string of the molecule is CC(=O)c1ccc(C#N)c(NCC2CCN(c3ccc(F)cc3)C2)c1. The predicted octanol–water partition coefficient (Wildman–Crippen LogP) is 3.84. The third kappa shape index (κ3) is 3.97. The number of hydrogen-bond donors (Lipinski definition) is 1. The predicted molar refractivity (Wildman–Crippen MR) is 96.4 cm³/mol. The maximum Gasteiger partial charge on any atom is 0.159 e. The molecule has 0 aliphatic carbocycles. The quantitative estimate of drug-likeness (QED) is 0.842. The lowest BCUT2D eigenvalue weighted by molar-refractivity contribution is 0.101. The van der Waals surface area contributed by atoms with E-state index in [9.17, 15) is 14.4 Å². The number of rotatable bonds is 5. The van der Waals surface area contributed by atoms with Crippen LogP contribution < -0.4 is 10.2 Å². The molecule has 2 aromatic carbocycles. The van der Waals surface area contributed by atoms with E-state index in [4.69, 9.17) is 0 Å². The van der Waals surface area contributed by atoms with Crippen LogP contribution in [0.1, 0.15) is 29.3 Å². The van der Waals surface area contributed by atoms with Crippen LogP contribution in [0.4, 0.5) is 15.8 Å². The van der Waals surface area contributed by atoms with Crippen molar-refractivity contribution in [2.24, 2.45) is 5.92 Å². The lowest BCUT2D eigenvalue weighted by atomic mass is 10.1. The normalized spacial score (nSPS) is 16.5. The van der Waals surface area contributed by atoms with Gasteiger partial charge in [-0.3, -0.25) is 4.79 Å². The Hall–Kier alpha value is -2.87. The first kappa shape index (κ1) is 17.0. The van der Waals surface area contributed by atoms with Crippen LogP contribution in [0.15, 0.2) is 42.5 Å². The Labute approximate surface area is 146 Å². The van der Waals surface area contributed by atoms with Gasteiger partial charge in [0.25, 0.3) is 0 Å². The molecule has 2 aromatic rings. The summed E-state index contributed by atoms with van der Waals surface area (Å²) in [5.41, 5.74) is 2.87. The summed E-state index contributed by atoms with van der Waals surface area (Å²) in [4.78, 5) is 13.8. The van der Waals surface area contributed by atoms with E-state index < -0.39 is 0 Å². The number of anilines is 2. The molecule has 1 unspecified atom stereocenters. The molecule has 0 spiro atoms. The van der Waals surface area contributed by atoms with Crippen LogP contribution in [0, 0.1) is 23.1 Å². The van der Waals surface area contributed by atoms with Crippen molar-refractivity contribution in [3.05, 3.63) is 59.4 Å². The first-order valence-corrected chi connectivity index (χ1v) is 8.36. The number of carbonyl (C=O) groups is 1. The average Bonchev–Trinajstić information content (AvgIpc) is 3.09. The van der Waals surface area contributed by atoms with Crippen LogP contribution in [-0.2, 0) is 0 Å². The lowest BCUT2D eigenvalue weighted by Gasteiger charge is -2.19. The van der Waals surface area contributed by atoms with Gasteiger partial charge in [-0.2, -0.15) is 5.26 Å². The molecule has 0 saturated carbocycles. The summed E-state index contributed by atoms with van der Waals surface area (Å²) in [6, 6.07) is 13.8. The highest BCUT2D eigenvalue weighted by molar-refractivity contribution is 5.95. The molecule has 0 bridgehead atoms. The first-order chi connectivity index (χ1) is 12.1. The van der Waals surface area contributed by atoms with E-state index in [2.05, 4.69) is 16.3 Å². The number of nitrogens with one attached hydrogen (secondary N) is 1. The van der Waals surface area contributed by atoms with Gasteiger partial charge in [0.05, 0.1) is 11.3 Å². The van der Waals surface area contributed by atoms with Crippen molar-refractivity contribution < 1.29 is 9.18 Å². The average molecular weight is 337 g/mol. The second-order valence-corrected chi connectivity index (χ2v) is 6.39. The zero-order valence-corrected chi connectivity index (χ0v) is 14.1. The second-order valence-electron chi connectivity index (χ2n) is 6.39. The Bertz CT molecular complexity index is 811. The van der Waals surface area contributed by atoms with Gasteiger partial charge in [0.1, 0.15) is 11.9 Å². The van der Waals surface area contributed by atoms with Crippen molar-refractivity contribution >= 4 is 17.2 Å². The third-order valence-electron chi connectivity index (χ3n) is 4.61. The molecule has 1 saturated heterocycles. The van der Waals surface area contributed by atoms with Crippen LogP contribution in [0.2, 0.25) is 0 Å². The molecule has 5 heteroatoms. The molecule has 25 heavy (non-hydrogen) atoms. The van der Waals surface area contributed by atoms with Crippen molar-refractivity contribution in [1.82, 2.24) is 0 Å². The smallest absolute Gasteiger partial charge is 0.159 e. The van der Waals surface area contributed by atoms with Crippen molar-refractivity contribution in [2.75, 3.05) is 29.9 Å². The van der Waals surface area contributed by atoms with Gasteiger partial charge in [-0.05, 0) is 61.7 Å². The van der Waals surface area contributed by atoms with E-state index in [1.807, 2.05) is 0 Å². The summed E-state index contributed by atoms with van der Waals surface area (Å²) in [7, 11) is 0. The lowest BCUT2D eigenvalue weighted by Crippen LogP contribution is -2.22. The topological polar surface area (TPSA) is 56.1 Å². The standard InChI is InChI=1S/C20H20FN3O/c1-14(25)16-2-3-17(11-22)20(10-16)23-12-15-8-9-24(13-15)19-6-4-18(21)5-7-19/h2-7,10,15,23H,8-9,12-13H2,1H3. The maximum atomic E-state index is 13.0. The summed E-state index contributed by atoms with van der Waals surface area (Å²) in [5, 5.41) is 12.6. The summed E-state index contributed by atoms with van der Waals surface area (Å²) < 4.78 is 13.0. The number of nitriles is 1. The van der Waals surface area contributed by atoms with E-state index in [1.54, 1.807) is 30.3 Å². The number of nitrogens with zero attached hydrogens (tertiary/aromatic N) is 2. The van der Waals surface area contributed by atoms with Gasteiger partial charge in [0, 0.05) is 30.9 Å². The van der Waals surface area contributed by atoms with Crippen LogP contribution >= 0.6 is 0 Å². The van der Waals surface area contributed by atoms with Gasteiger partial charge in [0.2, 0.25) is 0 Å². The highest BCUT2D eigenvalue weighted by Crippen LogP contribution is 2.25. The van der Waals surface area contributed by atoms with Gasteiger partial charge in [-0.25, -0.2) is 4.39 Å². The third-order valence-corrected chi connectivity index (χ3v) is 4.61. The fourth-order valence-corrected chi connectivity index (χ4v) is 3.15. The minimum Gasteiger partial charge on any atom is -0.384 e. The molecule has 1 N–H and O–H groups in total. The molecule has 1 aliphatic rings. The molecular weight excluding hydrogens is 317 g/mol. The zero-order chi connectivity index (χ0) is 17.8. The van der Waals surface area contributed by atoms with Crippen molar-refractivity contribution in [3.63, 3.8) is 0 Å². The minimum atomic E-state index is -0.226. The summed E-state index contributed by atoms with van der Waals surface area (Å²) >= 11 is 0. The molecule has 1 atom stereocenters. The first-order valence-electron chi connectivity index (χ1n) is 8.36. The monoisotopic (exact) mass is 337 g/mol. The van der Waals surface area contributed by atoms with Gasteiger partial charge < -0.3 is 10.2 Å². The summed E-state index contributed by atoms with van der Waals surface area (Å²) in [5.74, 6) is 0.184. The van der Waals surface area contributed by atoms with Crippen molar-refractivity contribution in [3.8, 4) is 6.07 Å². The van der Waals surface area contributed by atoms with E-state index in [-0.39, 0.29) is 11.6 Å². The minimum absolute atomic E-state index is 0.0177. The second kappa shape index (κ2) is 7.35. The largest absolute Gasteiger partial charge is 0.384 e. The molecule has 1 fully saturated rings. The number of ketones is 1. The zero-order valence-electron chi connectivity index (χ0n) is 14.1. The number of carbonyl (C=O) groups excluding carboxylic acids is 1. The molecule has 0 radical (unpaired) electrons. The van der Waals surface area contributed by atoms with Crippen LogP contribution in [0.25, 0.3) is 0 Å². The molecule has 0 aromatic heterocycles. The Morgan fingerprint density at radius 3 is 2.76 bits per heavy atom. The maximum absolute atomic E-state index is 13.0. The van der Waals surface area contributed by atoms with Crippen LogP contribution in [0.3, 0.4) is 0 Å². The van der Waals surface area contributed by atoms with E-state index in [1.165, 1.54) is 19.1 Å². The van der Waals surface area contributed by atoms with E-state index in [0.717, 1.165) is 31.7 Å². The van der Waals surface area contributed by atoms with Gasteiger partial charge >= 0.3 is 0 Å². The van der Waals surface area contributed by atoms with E-state index >= 15 is 0 Å². The number of benzene rings is 2. The Morgan fingerprint density at radius 1 is 1.32 bits per heavy atom. The van der Waals surface area contributed by atoms with Gasteiger partial charge in [0.15, 0.2) is 5.78 Å². The van der Waals surface area contributed by atoms with Crippen molar-refractivity contribution in [1.29, 1.82) is 5.26 Å². The fraction of sp³-hybridized carbons (Fsp3) is 0.300. The number of halogens is 1. The summed E-state index contributed by atoms with van der Waals surface area (Å²) in [6.07, 6.45) is 1.03. The molecule has 0 amide bonds. The highest BCUT2D eigenvalue weighted by atomic mass is 19.1. The van der Waals surface area contributed by atoms with Gasteiger partial charge in [-0.15, -0.1) is 0 Å². The molecule has 1 heterocycles. The van der Waals surface area contributed by atoms with E-state index in [0.29, 0.717) is 22.7 Å². The summed E-state index contributed by atoms with van der Waals surface area (Å²) in [6.45, 7) is 4.06. The molecular formula is C20H20FN3O. The Morgan fingerprint density at radius 2 is 2.08 bits per heavy atom. The van der Waals surface area contributed by atoms with Crippen LogP contribution in [-0.4, -0.2) is 25.4 Å². The molecule has 4 nitrogen and oxygen atoms in total. The molecule has 1 aliphatic heterocycles. The molecule has 3 rings (SSSR count). The highest BCUT2D eigenvalue weighted by Gasteiger charge is 2.22. The number of Topliss-reactive ketones (excluding diaryl/α,β-unsaturated/α-hetero) is 1. The van der Waals surface area contributed by atoms with Gasteiger partial charge in [-0.1, -0.05) is 0 Å². The molecule has 128 valence electrons. The number of hydrogen-bond acceptors (Lipinski definition) is 4. The fourth-order valence-electron chi connectivity index (χ4n) is 3.15. The van der Waals surface area contributed by atoms with Crippen LogP contribution in [0.5, 0.6) is 0 Å². The Kier molecular flexibility index (Phi) is 4.99. The van der Waals surface area contributed by atoms with Crippen molar-refractivity contribution in [2.45, 2.75) is 13.3 Å². The Balaban J connectivity index is 1.63.